The second kappa shape index (κ2) is 8.47. The summed E-state index contributed by atoms with van der Waals surface area (Å²) in [7, 11) is 0. The van der Waals surface area contributed by atoms with Crippen LogP contribution in [0.4, 0.5) is 11.4 Å². The van der Waals surface area contributed by atoms with E-state index in [2.05, 4.69) is 10.6 Å². The lowest BCUT2D eigenvalue weighted by Gasteiger charge is -2.15. The molecule has 2 aromatic carbocycles. The first kappa shape index (κ1) is 18.7. The molecule has 0 aliphatic rings. The van der Waals surface area contributed by atoms with Crippen molar-refractivity contribution in [3.63, 3.8) is 0 Å². The van der Waals surface area contributed by atoms with Crippen LogP contribution in [0.15, 0.2) is 36.4 Å². The third-order valence-corrected chi connectivity index (χ3v) is 4.01. The standard InChI is InChI=1S/C17H17Cl3N2O2/c1-10(2)24-16-6-4-3-5-14(16)22-17(23)9-21-15-8-12(19)11(18)7-13(15)20/h3-8,10,21H,9H2,1-2H3,(H,22,23). The summed E-state index contributed by atoms with van der Waals surface area (Å²) in [6.45, 7) is 3.87. The average Bonchev–Trinajstić information content (AvgIpc) is 2.51. The second-order valence-electron chi connectivity index (χ2n) is 5.31. The zero-order chi connectivity index (χ0) is 17.7. The van der Waals surface area contributed by atoms with Gasteiger partial charge in [-0.15, -0.1) is 0 Å². The molecule has 128 valence electrons. The molecule has 0 spiro atoms. The molecule has 24 heavy (non-hydrogen) atoms. The number of para-hydroxylation sites is 2. The summed E-state index contributed by atoms with van der Waals surface area (Å²) in [4.78, 5) is 12.2. The van der Waals surface area contributed by atoms with Crippen molar-refractivity contribution >= 4 is 52.1 Å². The zero-order valence-corrected chi connectivity index (χ0v) is 15.5. The van der Waals surface area contributed by atoms with Crippen LogP contribution in [-0.4, -0.2) is 18.6 Å². The van der Waals surface area contributed by atoms with Crippen LogP contribution in [0.3, 0.4) is 0 Å². The number of carbonyl (C=O) groups excluding carboxylic acids is 1. The monoisotopic (exact) mass is 386 g/mol. The molecule has 7 heteroatoms. The molecule has 0 radical (unpaired) electrons. The summed E-state index contributed by atoms with van der Waals surface area (Å²) in [5.41, 5.74) is 1.14. The Bertz CT molecular complexity index is 736. The van der Waals surface area contributed by atoms with E-state index in [1.807, 2.05) is 26.0 Å². The third kappa shape index (κ3) is 5.20. The average molecular weight is 388 g/mol. The van der Waals surface area contributed by atoms with Gasteiger partial charge in [0.2, 0.25) is 5.91 Å². The van der Waals surface area contributed by atoms with Crippen LogP contribution in [0.2, 0.25) is 15.1 Å². The fourth-order valence-electron chi connectivity index (χ4n) is 1.95. The highest BCUT2D eigenvalue weighted by atomic mass is 35.5. The SMILES string of the molecule is CC(C)Oc1ccccc1NC(=O)CNc1cc(Cl)c(Cl)cc1Cl. The third-order valence-electron chi connectivity index (χ3n) is 2.97. The van der Waals surface area contributed by atoms with E-state index < -0.39 is 0 Å². The zero-order valence-electron chi connectivity index (χ0n) is 13.2. The molecule has 2 aromatic rings. The Hall–Kier alpha value is -1.62. The number of rotatable bonds is 6. The van der Waals surface area contributed by atoms with E-state index in [9.17, 15) is 4.79 Å². The predicted molar refractivity (Wildman–Crippen MR) is 101 cm³/mol. The second-order valence-corrected chi connectivity index (χ2v) is 6.53. The Morgan fingerprint density at radius 1 is 1.04 bits per heavy atom. The number of anilines is 2. The van der Waals surface area contributed by atoms with Gasteiger partial charge in [-0.25, -0.2) is 0 Å². The summed E-state index contributed by atoms with van der Waals surface area (Å²) < 4.78 is 5.67. The van der Waals surface area contributed by atoms with Gasteiger partial charge in [0.1, 0.15) is 5.75 Å². The van der Waals surface area contributed by atoms with Crippen molar-refractivity contribution in [2.24, 2.45) is 0 Å². The van der Waals surface area contributed by atoms with Gasteiger partial charge in [-0.3, -0.25) is 4.79 Å². The first-order valence-electron chi connectivity index (χ1n) is 7.30. The Labute approximate surface area is 156 Å². The van der Waals surface area contributed by atoms with E-state index in [0.29, 0.717) is 32.2 Å². The number of hydrogen-bond donors (Lipinski definition) is 2. The molecule has 0 fully saturated rings. The molecular weight excluding hydrogens is 371 g/mol. The van der Waals surface area contributed by atoms with Crippen molar-refractivity contribution in [2.75, 3.05) is 17.2 Å². The van der Waals surface area contributed by atoms with Gasteiger partial charge in [-0.2, -0.15) is 0 Å². The van der Waals surface area contributed by atoms with Gasteiger partial charge in [0, 0.05) is 0 Å². The predicted octanol–water partition coefficient (Wildman–Crippen LogP) is 5.48. The van der Waals surface area contributed by atoms with E-state index in [0.717, 1.165) is 0 Å². The first-order chi connectivity index (χ1) is 11.4. The molecule has 2 rings (SSSR count). The minimum atomic E-state index is -0.239. The number of hydrogen-bond acceptors (Lipinski definition) is 3. The van der Waals surface area contributed by atoms with Crippen molar-refractivity contribution in [2.45, 2.75) is 20.0 Å². The molecular formula is C17H17Cl3N2O2. The Balaban J connectivity index is 2.01. The maximum atomic E-state index is 12.2. The lowest BCUT2D eigenvalue weighted by Crippen LogP contribution is -2.22. The maximum Gasteiger partial charge on any atom is 0.243 e. The molecule has 0 bridgehead atoms. The van der Waals surface area contributed by atoms with Gasteiger partial charge in [0.05, 0.1) is 39.1 Å². The molecule has 0 aliphatic carbocycles. The smallest absolute Gasteiger partial charge is 0.243 e. The Morgan fingerprint density at radius 3 is 2.42 bits per heavy atom. The summed E-state index contributed by atoms with van der Waals surface area (Å²) in [5.74, 6) is 0.380. The van der Waals surface area contributed by atoms with Gasteiger partial charge in [0.25, 0.3) is 0 Å². The minimum absolute atomic E-state index is 0.0104. The summed E-state index contributed by atoms with van der Waals surface area (Å²) in [6, 6.07) is 10.4. The van der Waals surface area contributed by atoms with E-state index in [4.69, 9.17) is 39.5 Å². The molecule has 0 atom stereocenters. The minimum Gasteiger partial charge on any atom is -0.489 e. The molecule has 0 saturated carbocycles. The highest BCUT2D eigenvalue weighted by molar-refractivity contribution is 6.44. The number of carbonyl (C=O) groups is 1. The van der Waals surface area contributed by atoms with E-state index >= 15 is 0 Å². The molecule has 0 aliphatic heterocycles. The number of amides is 1. The number of benzene rings is 2. The van der Waals surface area contributed by atoms with Gasteiger partial charge >= 0.3 is 0 Å². The van der Waals surface area contributed by atoms with Gasteiger partial charge in [-0.1, -0.05) is 46.9 Å². The van der Waals surface area contributed by atoms with Crippen molar-refractivity contribution in [1.29, 1.82) is 0 Å². The number of halogens is 3. The van der Waals surface area contributed by atoms with Crippen molar-refractivity contribution < 1.29 is 9.53 Å². The van der Waals surface area contributed by atoms with Crippen LogP contribution in [-0.2, 0) is 4.79 Å². The molecule has 1 amide bonds. The lowest BCUT2D eigenvalue weighted by atomic mass is 10.2. The van der Waals surface area contributed by atoms with Gasteiger partial charge in [0.15, 0.2) is 0 Å². The molecule has 0 heterocycles. The number of ether oxygens (including phenoxy) is 1. The van der Waals surface area contributed by atoms with Crippen molar-refractivity contribution in [3.8, 4) is 5.75 Å². The Kier molecular flexibility index (Phi) is 6.60. The van der Waals surface area contributed by atoms with Crippen LogP contribution in [0.5, 0.6) is 5.75 Å². The summed E-state index contributed by atoms with van der Waals surface area (Å²) >= 11 is 17.9. The van der Waals surface area contributed by atoms with Gasteiger partial charge < -0.3 is 15.4 Å². The van der Waals surface area contributed by atoms with Crippen LogP contribution >= 0.6 is 34.8 Å². The fraction of sp³-hybridized carbons (Fsp3) is 0.235. The largest absolute Gasteiger partial charge is 0.489 e. The van der Waals surface area contributed by atoms with Crippen LogP contribution in [0, 0.1) is 0 Å². The van der Waals surface area contributed by atoms with E-state index in [1.54, 1.807) is 18.2 Å². The van der Waals surface area contributed by atoms with E-state index in [1.165, 1.54) is 6.07 Å². The molecule has 0 saturated heterocycles. The molecule has 0 aromatic heterocycles. The van der Waals surface area contributed by atoms with Crippen molar-refractivity contribution in [3.05, 3.63) is 51.5 Å². The molecule has 2 N–H and O–H groups in total. The lowest BCUT2D eigenvalue weighted by molar-refractivity contribution is -0.114. The van der Waals surface area contributed by atoms with Crippen LogP contribution in [0.25, 0.3) is 0 Å². The number of nitrogens with one attached hydrogen (secondary N) is 2. The topological polar surface area (TPSA) is 50.4 Å². The van der Waals surface area contributed by atoms with Gasteiger partial charge in [-0.05, 0) is 38.1 Å². The maximum absolute atomic E-state index is 12.2. The van der Waals surface area contributed by atoms with Crippen molar-refractivity contribution in [1.82, 2.24) is 0 Å². The van der Waals surface area contributed by atoms with E-state index in [-0.39, 0.29) is 18.6 Å². The first-order valence-corrected chi connectivity index (χ1v) is 8.44. The molecule has 4 nitrogen and oxygen atoms in total. The summed E-state index contributed by atoms with van der Waals surface area (Å²) in [5, 5.41) is 6.84. The quantitative estimate of drug-likeness (QED) is 0.645. The fourth-order valence-corrected chi connectivity index (χ4v) is 2.57. The molecule has 0 unspecified atom stereocenters. The van der Waals surface area contributed by atoms with Crippen LogP contribution in [0.1, 0.15) is 13.8 Å². The highest BCUT2D eigenvalue weighted by Crippen LogP contribution is 2.32. The summed E-state index contributed by atoms with van der Waals surface area (Å²) in [6.07, 6.45) is 0.0104. The Morgan fingerprint density at radius 2 is 1.71 bits per heavy atom. The van der Waals surface area contributed by atoms with Crippen LogP contribution < -0.4 is 15.4 Å². The highest BCUT2D eigenvalue weighted by Gasteiger charge is 2.10. The normalized spacial score (nSPS) is 10.6.